The molecule has 1 unspecified atom stereocenters. The number of carbonyl (C=O) groups excluding carboxylic acids is 1. The van der Waals surface area contributed by atoms with Gasteiger partial charge >= 0.3 is 0 Å². The minimum absolute atomic E-state index is 0.0346. The van der Waals surface area contributed by atoms with Crippen molar-refractivity contribution in [3.8, 4) is 5.75 Å². The topological polar surface area (TPSA) is 44.8 Å². The summed E-state index contributed by atoms with van der Waals surface area (Å²) in [6.45, 7) is 6.93. The van der Waals surface area contributed by atoms with Crippen LogP contribution in [0.15, 0.2) is 48.5 Å². The zero-order valence-electron chi connectivity index (χ0n) is 15.9. The summed E-state index contributed by atoms with van der Waals surface area (Å²) in [5.74, 6) is 0.792. The lowest BCUT2D eigenvalue weighted by atomic mass is 10.2. The van der Waals surface area contributed by atoms with Crippen molar-refractivity contribution >= 4 is 34.8 Å². The number of amides is 1. The van der Waals surface area contributed by atoms with Gasteiger partial charge in [0.25, 0.3) is 0 Å². The minimum atomic E-state index is -0.205. The molecule has 1 heterocycles. The smallest absolute Gasteiger partial charge is 0.241 e. The number of hydrogen-bond acceptors (Lipinski definition) is 4. The molecule has 3 rings (SSSR count). The van der Waals surface area contributed by atoms with Crippen LogP contribution in [0.5, 0.6) is 5.75 Å². The molecular weight excluding hydrogens is 397 g/mol. The van der Waals surface area contributed by atoms with Crippen molar-refractivity contribution < 1.29 is 9.53 Å². The Kier molecular flexibility index (Phi) is 7.57. The van der Waals surface area contributed by atoms with Gasteiger partial charge in [-0.1, -0.05) is 35.3 Å². The third-order valence-corrected chi connectivity index (χ3v) is 5.54. The molecule has 7 heteroatoms. The molecule has 0 radical (unpaired) electrons. The van der Waals surface area contributed by atoms with Crippen LogP contribution >= 0.6 is 23.2 Å². The van der Waals surface area contributed by atoms with Gasteiger partial charge in [-0.05, 0) is 43.3 Å². The number of hydrogen-bond donors (Lipinski definition) is 1. The van der Waals surface area contributed by atoms with Crippen molar-refractivity contribution in [2.45, 2.75) is 13.0 Å². The summed E-state index contributed by atoms with van der Waals surface area (Å²) >= 11 is 12.0. The summed E-state index contributed by atoms with van der Waals surface area (Å²) in [7, 11) is 0. The molecule has 0 saturated carbocycles. The van der Waals surface area contributed by atoms with Crippen LogP contribution in [-0.4, -0.2) is 61.1 Å². The van der Waals surface area contributed by atoms with Gasteiger partial charge in [-0.15, -0.1) is 0 Å². The summed E-state index contributed by atoms with van der Waals surface area (Å²) in [5, 5.41) is 4.17. The predicted octanol–water partition coefficient (Wildman–Crippen LogP) is 4.02. The Morgan fingerprint density at radius 1 is 1.07 bits per heavy atom. The Morgan fingerprint density at radius 2 is 1.75 bits per heavy atom. The molecule has 150 valence electrons. The molecule has 0 aromatic heterocycles. The normalized spacial score (nSPS) is 16.5. The van der Waals surface area contributed by atoms with Crippen LogP contribution in [0.3, 0.4) is 0 Å². The van der Waals surface area contributed by atoms with E-state index in [9.17, 15) is 4.79 Å². The van der Waals surface area contributed by atoms with Gasteiger partial charge < -0.3 is 10.1 Å². The SMILES string of the molecule is CC(C(=O)Nc1ccccc1Cl)N1CCN(CCOc2ccc(Cl)cc2)CC1. The third kappa shape index (κ3) is 5.85. The van der Waals surface area contributed by atoms with Gasteiger partial charge in [-0.2, -0.15) is 0 Å². The zero-order chi connectivity index (χ0) is 19.9. The van der Waals surface area contributed by atoms with Gasteiger partial charge in [0.2, 0.25) is 5.91 Å². The highest BCUT2D eigenvalue weighted by Crippen LogP contribution is 2.21. The molecule has 5 nitrogen and oxygen atoms in total. The number of nitrogens with zero attached hydrogens (tertiary/aromatic N) is 2. The first-order valence-electron chi connectivity index (χ1n) is 9.43. The van der Waals surface area contributed by atoms with Gasteiger partial charge in [0.15, 0.2) is 0 Å². The maximum absolute atomic E-state index is 12.5. The van der Waals surface area contributed by atoms with E-state index < -0.39 is 0 Å². The van der Waals surface area contributed by atoms with Crippen LogP contribution < -0.4 is 10.1 Å². The molecule has 1 aliphatic rings. The van der Waals surface area contributed by atoms with E-state index >= 15 is 0 Å². The Hall–Kier alpha value is -1.79. The van der Waals surface area contributed by atoms with E-state index in [0.717, 1.165) is 38.5 Å². The van der Waals surface area contributed by atoms with E-state index in [-0.39, 0.29) is 11.9 Å². The maximum Gasteiger partial charge on any atom is 0.241 e. The van der Waals surface area contributed by atoms with E-state index in [1.807, 2.05) is 49.4 Å². The third-order valence-electron chi connectivity index (χ3n) is 4.96. The number of para-hydroxylation sites is 1. The average molecular weight is 422 g/mol. The van der Waals surface area contributed by atoms with E-state index in [1.54, 1.807) is 6.07 Å². The van der Waals surface area contributed by atoms with Crippen molar-refractivity contribution in [3.05, 3.63) is 58.6 Å². The first kappa shape index (κ1) is 20.9. The summed E-state index contributed by atoms with van der Waals surface area (Å²) in [6.07, 6.45) is 0. The Bertz CT molecular complexity index is 777. The Morgan fingerprint density at radius 3 is 2.43 bits per heavy atom. The molecule has 0 spiro atoms. The lowest BCUT2D eigenvalue weighted by Crippen LogP contribution is -2.53. The van der Waals surface area contributed by atoms with E-state index in [2.05, 4.69) is 15.1 Å². The van der Waals surface area contributed by atoms with Crippen molar-refractivity contribution in [2.75, 3.05) is 44.6 Å². The summed E-state index contributed by atoms with van der Waals surface area (Å²) < 4.78 is 5.76. The second kappa shape index (κ2) is 10.1. The number of ether oxygens (including phenoxy) is 1. The average Bonchev–Trinajstić information content (AvgIpc) is 2.71. The molecule has 1 atom stereocenters. The van der Waals surface area contributed by atoms with E-state index in [4.69, 9.17) is 27.9 Å². The number of nitrogens with one attached hydrogen (secondary N) is 1. The van der Waals surface area contributed by atoms with Crippen LogP contribution in [0.2, 0.25) is 10.0 Å². The molecule has 1 aliphatic heterocycles. The van der Waals surface area contributed by atoms with Crippen molar-refractivity contribution in [2.24, 2.45) is 0 Å². The second-order valence-corrected chi connectivity index (χ2v) is 7.67. The number of anilines is 1. The van der Waals surface area contributed by atoms with Gasteiger partial charge in [0.1, 0.15) is 12.4 Å². The lowest BCUT2D eigenvalue weighted by molar-refractivity contribution is -0.121. The van der Waals surface area contributed by atoms with Gasteiger partial charge in [-0.25, -0.2) is 0 Å². The monoisotopic (exact) mass is 421 g/mol. The largest absolute Gasteiger partial charge is 0.492 e. The van der Waals surface area contributed by atoms with Gasteiger partial charge in [-0.3, -0.25) is 14.6 Å². The fourth-order valence-electron chi connectivity index (χ4n) is 3.16. The van der Waals surface area contributed by atoms with E-state index in [0.29, 0.717) is 22.3 Å². The zero-order valence-corrected chi connectivity index (χ0v) is 17.4. The number of rotatable bonds is 7. The van der Waals surface area contributed by atoms with Crippen LogP contribution in [0, 0.1) is 0 Å². The quantitative estimate of drug-likeness (QED) is 0.732. The van der Waals surface area contributed by atoms with Crippen molar-refractivity contribution in [1.29, 1.82) is 0 Å². The Labute approximate surface area is 176 Å². The van der Waals surface area contributed by atoms with E-state index in [1.165, 1.54) is 0 Å². The van der Waals surface area contributed by atoms with Gasteiger partial charge in [0.05, 0.1) is 16.8 Å². The number of piperazine rings is 1. The number of carbonyl (C=O) groups is 1. The lowest BCUT2D eigenvalue weighted by Gasteiger charge is -2.37. The molecule has 2 aromatic carbocycles. The highest BCUT2D eigenvalue weighted by Gasteiger charge is 2.25. The molecule has 1 fully saturated rings. The standard InChI is InChI=1S/C21H25Cl2N3O2/c1-16(21(27)24-20-5-3-2-4-19(20)23)26-12-10-25(11-13-26)14-15-28-18-8-6-17(22)7-9-18/h2-9,16H,10-15H2,1H3,(H,24,27). The molecule has 1 amide bonds. The molecule has 1 saturated heterocycles. The van der Waals surface area contributed by atoms with Crippen LogP contribution in [-0.2, 0) is 4.79 Å². The van der Waals surface area contributed by atoms with Crippen molar-refractivity contribution in [3.63, 3.8) is 0 Å². The summed E-state index contributed by atoms with van der Waals surface area (Å²) in [4.78, 5) is 17.1. The second-order valence-electron chi connectivity index (χ2n) is 6.83. The number of halogens is 2. The molecule has 0 aliphatic carbocycles. The Balaban J connectivity index is 1.39. The molecule has 2 aromatic rings. The highest BCUT2D eigenvalue weighted by molar-refractivity contribution is 6.33. The van der Waals surface area contributed by atoms with Crippen LogP contribution in [0.25, 0.3) is 0 Å². The molecule has 28 heavy (non-hydrogen) atoms. The predicted molar refractivity (Wildman–Crippen MR) is 115 cm³/mol. The molecule has 0 bridgehead atoms. The molecule has 1 N–H and O–H groups in total. The highest BCUT2D eigenvalue weighted by atomic mass is 35.5. The van der Waals surface area contributed by atoms with Crippen LogP contribution in [0.1, 0.15) is 6.92 Å². The molecular formula is C21H25Cl2N3O2. The van der Waals surface area contributed by atoms with Crippen LogP contribution in [0.4, 0.5) is 5.69 Å². The van der Waals surface area contributed by atoms with Gasteiger partial charge in [0, 0.05) is 37.7 Å². The maximum atomic E-state index is 12.5. The summed E-state index contributed by atoms with van der Waals surface area (Å²) in [6, 6.07) is 14.5. The minimum Gasteiger partial charge on any atom is -0.492 e. The summed E-state index contributed by atoms with van der Waals surface area (Å²) in [5.41, 5.74) is 0.652. The first-order chi connectivity index (χ1) is 13.5. The first-order valence-corrected chi connectivity index (χ1v) is 10.2. The fraction of sp³-hybridized carbons (Fsp3) is 0.381. The number of benzene rings is 2. The fourth-order valence-corrected chi connectivity index (χ4v) is 3.47. The van der Waals surface area contributed by atoms with Crippen molar-refractivity contribution in [1.82, 2.24) is 9.80 Å².